The normalized spacial score (nSPS) is 15.4. The quantitative estimate of drug-likeness (QED) is 0.672. The molecule has 0 amide bonds. The Balaban J connectivity index is 1.75. The lowest BCUT2D eigenvalue weighted by molar-refractivity contribution is 0.0863. The maximum Gasteiger partial charge on any atom is 0.212 e. The number of nitrogens with zero attached hydrogens (tertiary/aromatic N) is 4. The Morgan fingerprint density at radius 2 is 2.00 bits per heavy atom. The molecule has 5 nitrogen and oxygen atoms in total. The fourth-order valence-electron chi connectivity index (χ4n) is 3.36. The lowest BCUT2D eigenvalue weighted by Gasteiger charge is -2.12. The zero-order chi connectivity index (χ0) is 17.8. The van der Waals surface area contributed by atoms with E-state index in [4.69, 9.17) is 0 Å². The fourth-order valence-corrected chi connectivity index (χ4v) is 3.36. The Kier molecular flexibility index (Phi) is 3.32. The number of Topliss-reactive ketones (excluding diaryl/α,β-unsaturated/α-hetero) is 1. The van der Waals surface area contributed by atoms with Crippen molar-refractivity contribution in [3.63, 3.8) is 0 Å². The summed E-state index contributed by atoms with van der Waals surface area (Å²) in [4.78, 5) is 16.0. The summed E-state index contributed by atoms with van der Waals surface area (Å²) in [6.07, 6.45) is 2.15. The van der Waals surface area contributed by atoms with E-state index < -0.39 is 5.95 Å². The zero-order valence-electron chi connectivity index (χ0n) is 14.2. The molecule has 3 aromatic rings. The first-order valence-electron chi connectivity index (χ1n) is 8.09. The van der Waals surface area contributed by atoms with Crippen molar-refractivity contribution in [2.45, 2.75) is 27.2 Å². The maximum absolute atomic E-state index is 13.0. The number of hydrogen-bond donors (Lipinski definition) is 0. The maximum atomic E-state index is 13.0. The van der Waals surface area contributed by atoms with Crippen molar-refractivity contribution >= 4 is 5.78 Å². The van der Waals surface area contributed by atoms with Gasteiger partial charge in [-0.25, -0.2) is 9.67 Å². The number of halogens is 1. The summed E-state index contributed by atoms with van der Waals surface area (Å²) in [5.41, 5.74) is 4.62. The van der Waals surface area contributed by atoms with Gasteiger partial charge < -0.3 is 0 Å². The number of carbonyl (C=O) groups is 1. The molecular formula is C19H17FN4O. The van der Waals surface area contributed by atoms with Crippen molar-refractivity contribution in [3.05, 3.63) is 59.3 Å². The fraction of sp³-hybridized carbons (Fsp3) is 0.263. The van der Waals surface area contributed by atoms with Crippen molar-refractivity contribution in [1.29, 1.82) is 0 Å². The Labute approximate surface area is 144 Å². The van der Waals surface area contributed by atoms with Gasteiger partial charge in [-0.15, -0.1) is 5.10 Å². The molecule has 0 spiro atoms. The van der Waals surface area contributed by atoms with E-state index in [0.717, 1.165) is 34.5 Å². The van der Waals surface area contributed by atoms with Crippen molar-refractivity contribution in [2.24, 2.45) is 5.41 Å². The molecule has 1 aliphatic rings. The average molecular weight is 336 g/mol. The molecule has 2 heterocycles. The summed E-state index contributed by atoms with van der Waals surface area (Å²) in [6.45, 7) is 5.84. The minimum atomic E-state index is -0.535. The number of pyridine rings is 1. The minimum Gasteiger partial charge on any atom is -0.294 e. The minimum absolute atomic E-state index is 0.187. The molecule has 0 saturated carbocycles. The summed E-state index contributed by atoms with van der Waals surface area (Å²) >= 11 is 0. The summed E-state index contributed by atoms with van der Waals surface area (Å²) in [5.74, 6) is -0.348. The van der Waals surface area contributed by atoms with Gasteiger partial charge in [-0.2, -0.15) is 4.39 Å². The first-order chi connectivity index (χ1) is 11.9. The number of carbonyl (C=O) groups excluding carboxylic acids is 1. The van der Waals surface area contributed by atoms with Gasteiger partial charge in [0.25, 0.3) is 0 Å². The molecule has 126 valence electrons. The van der Waals surface area contributed by atoms with Crippen LogP contribution in [0.25, 0.3) is 16.9 Å². The molecule has 2 aromatic heterocycles. The van der Waals surface area contributed by atoms with Crippen LogP contribution in [0.4, 0.5) is 4.39 Å². The number of fused-ring (bicyclic) bond motifs is 1. The van der Waals surface area contributed by atoms with Crippen LogP contribution in [-0.2, 0) is 6.42 Å². The standard InChI is InChI=1S/C19H17FN4O/c1-11-17(22-23-24(11)14-5-7-16(20)21-10-14)12-4-6-15-13(8-12)9-19(2,3)18(15)25/h4-8,10H,9H2,1-3H3. The van der Waals surface area contributed by atoms with E-state index in [1.165, 1.54) is 12.3 Å². The van der Waals surface area contributed by atoms with Gasteiger partial charge in [-0.1, -0.05) is 31.2 Å². The first-order valence-corrected chi connectivity index (χ1v) is 8.09. The van der Waals surface area contributed by atoms with E-state index in [9.17, 15) is 9.18 Å². The van der Waals surface area contributed by atoms with Crippen LogP contribution in [0, 0.1) is 18.3 Å². The molecule has 0 unspecified atom stereocenters. The molecule has 6 heteroatoms. The van der Waals surface area contributed by atoms with Gasteiger partial charge >= 0.3 is 0 Å². The SMILES string of the molecule is Cc1c(-c2ccc3c(c2)CC(C)(C)C3=O)nnn1-c1ccc(F)nc1. The molecule has 0 fully saturated rings. The van der Waals surface area contributed by atoms with E-state index in [2.05, 4.69) is 15.3 Å². The zero-order valence-corrected chi connectivity index (χ0v) is 14.2. The molecule has 1 aromatic carbocycles. The molecule has 1 aliphatic carbocycles. The van der Waals surface area contributed by atoms with Crippen molar-refractivity contribution in [3.8, 4) is 16.9 Å². The Morgan fingerprint density at radius 1 is 1.20 bits per heavy atom. The summed E-state index contributed by atoms with van der Waals surface area (Å²) in [6, 6.07) is 8.70. The molecular weight excluding hydrogens is 319 g/mol. The highest BCUT2D eigenvalue weighted by atomic mass is 19.1. The van der Waals surface area contributed by atoms with Crippen LogP contribution < -0.4 is 0 Å². The molecule has 25 heavy (non-hydrogen) atoms. The largest absolute Gasteiger partial charge is 0.294 e. The number of aromatic nitrogens is 4. The van der Waals surface area contributed by atoms with Crippen LogP contribution in [0.15, 0.2) is 36.5 Å². The Bertz CT molecular complexity index is 989. The molecule has 0 bridgehead atoms. The lowest BCUT2D eigenvalue weighted by Crippen LogP contribution is -2.18. The van der Waals surface area contributed by atoms with Crippen LogP contribution in [0.2, 0.25) is 0 Å². The van der Waals surface area contributed by atoms with E-state index in [1.807, 2.05) is 39.0 Å². The number of rotatable bonds is 2. The number of benzene rings is 1. The lowest BCUT2D eigenvalue weighted by atomic mass is 9.89. The molecule has 0 N–H and O–H groups in total. The van der Waals surface area contributed by atoms with Crippen LogP contribution in [0.3, 0.4) is 0 Å². The molecule has 0 atom stereocenters. The first kappa shape index (κ1) is 15.6. The van der Waals surface area contributed by atoms with E-state index >= 15 is 0 Å². The summed E-state index contributed by atoms with van der Waals surface area (Å²) < 4.78 is 14.6. The van der Waals surface area contributed by atoms with Crippen molar-refractivity contribution in [2.75, 3.05) is 0 Å². The van der Waals surface area contributed by atoms with Gasteiger partial charge in [0, 0.05) is 16.5 Å². The molecule has 4 rings (SSSR count). The topological polar surface area (TPSA) is 60.7 Å². The van der Waals surface area contributed by atoms with Gasteiger partial charge in [0.15, 0.2) is 5.78 Å². The van der Waals surface area contributed by atoms with E-state index in [0.29, 0.717) is 5.69 Å². The summed E-state index contributed by atoms with van der Waals surface area (Å²) in [7, 11) is 0. The second-order valence-electron chi connectivity index (χ2n) is 7.04. The van der Waals surface area contributed by atoms with Crippen LogP contribution in [0.1, 0.15) is 35.5 Å². The molecule has 0 saturated heterocycles. The second-order valence-corrected chi connectivity index (χ2v) is 7.04. The highest BCUT2D eigenvalue weighted by molar-refractivity contribution is 6.04. The van der Waals surface area contributed by atoms with Gasteiger partial charge in [0.05, 0.1) is 17.6 Å². The Hall–Kier alpha value is -2.89. The monoisotopic (exact) mass is 336 g/mol. The predicted molar refractivity (Wildman–Crippen MR) is 91.1 cm³/mol. The van der Waals surface area contributed by atoms with Gasteiger partial charge in [0.1, 0.15) is 5.69 Å². The number of ketones is 1. The van der Waals surface area contributed by atoms with Crippen LogP contribution in [0.5, 0.6) is 0 Å². The van der Waals surface area contributed by atoms with Crippen LogP contribution >= 0.6 is 0 Å². The smallest absolute Gasteiger partial charge is 0.212 e. The second kappa shape index (κ2) is 5.31. The van der Waals surface area contributed by atoms with Gasteiger partial charge in [-0.05, 0) is 37.1 Å². The highest BCUT2D eigenvalue weighted by Gasteiger charge is 2.37. The van der Waals surface area contributed by atoms with Crippen molar-refractivity contribution < 1.29 is 9.18 Å². The Morgan fingerprint density at radius 3 is 2.72 bits per heavy atom. The predicted octanol–water partition coefficient (Wildman–Crippen LogP) is 3.54. The van der Waals surface area contributed by atoms with Crippen molar-refractivity contribution in [1.82, 2.24) is 20.0 Å². The van der Waals surface area contributed by atoms with E-state index in [-0.39, 0.29) is 11.2 Å². The van der Waals surface area contributed by atoms with Gasteiger partial charge in [0.2, 0.25) is 5.95 Å². The average Bonchev–Trinajstić information content (AvgIpc) is 3.06. The summed E-state index contributed by atoms with van der Waals surface area (Å²) in [5, 5.41) is 8.44. The van der Waals surface area contributed by atoms with Gasteiger partial charge in [-0.3, -0.25) is 4.79 Å². The third-order valence-electron chi connectivity index (χ3n) is 4.72. The highest BCUT2D eigenvalue weighted by Crippen LogP contribution is 2.38. The molecule has 0 aliphatic heterocycles. The molecule has 0 radical (unpaired) electrons. The van der Waals surface area contributed by atoms with Crippen LogP contribution in [-0.4, -0.2) is 25.8 Å². The van der Waals surface area contributed by atoms with E-state index in [1.54, 1.807) is 10.7 Å². The third kappa shape index (κ3) is 2.45. The third-order valence-corrected chi connectivity index (χ3v) is 4.72. The number of hydrogen-bond acceptors (Lipinski definition) is 4.